The Labute approximate surface area is 85.3 Å². The summed E-state index contributed by atoms with van der Waals surface area (Å²) in [5.41, 5.74) is 5.41. The molecule has 0 radical (unpaired) electrons. The van der Waals surface area contributed by atoms with Crippen LogP contribution in [0.5, 0.6) is 0 Å². The van der Waals surface area contributed by atoms with E-state index >= 15 is 0 Å². The lowest BCUT2D eigenvalue weighted by atomic mass is 10.3. The molecule has 0 aliphatic heterocycles. The lowest BCUT2D eigenvalue weighted by Gasteiger charge is -2.09. The summed E-state index contributed by atoms with van der Waals surface area (Å²) in [6.07, 6.45) is 0. The third-order valence-corrected chi connectivity index (χ3v) is 1.80. The predicted molar refractivity (Wildman–Crippen MR) is 52.7 cm³/mol. The van der Waals surface area contributed by atoms with Gasteiger partial charge >= 0.3 is 0 Å². The standard InChI is InChI=1S/C7H10N8/c1-4(7-12-14-15-13-7)9-6-3-2-5(8)10-11-6/h2-4H,1H3,(H2,8,10)(H,9,11)(H,12,13,14,15). The summed E-state index contributed by atoms with van der Waals surface area (Å²) in [5, 5.41) is 24.2. The zero-order valence-corrected chi connectivity index (χ0v) is 8.05. The zero-order chi connectivity index (χ0) is 10.7. The summed E-state index contributed by atoms with van der Waals surface area (Å²) in [6, 6.07) is 3.30. The van der Waals surface area contributed by atoms with Gasteiger partial charge in [0, 0.05) is 0 Å². The van der Waals surface area contributed by atoms with E-state index < -0.39 is 0 Å². The van der Waals surface area contributed by atoms with Gasteiger partial charge in [0.25, 0.3) is 0 Å². The molecule has 8 nitrogen and oxygen atoms in total. The summed E-state index contributed by atoms with van der Waals surface area (Å²) in [7, 11) is 0. The van der Waals surface area contributed by atoms with Crippen molar-refractivity contribution >= 4 is 11.6 Å². The second kappa shape index (κ2) is 3.86. The lowest BCUT2D eigenvalue weighted by Crippen LogP contribution is -2.10. The van der Waals surface area contributed by atoms with Gasteiger partial charge < -0.3 is 11.1 Å². The second-order valence-electron chi connectivity index (χ2n) is 2.98. The highest BCUT2D eigenvalue weighted by Crippen LogP contribution is 2.12. The monoisotopic (exact) mass is 206 g/mol. The lowest BCUT2D eigenvalue weighted by molar-refractivity contribution is 0.783. The Bertz CT molecular complexity index is 407. The van der Waals surface area contributed by atoms with Gasteiger partial charge in [0.05, 0.1) is 6.04 Å². The van der Waals surface area contributed by atoms with Gasteiger partial charge in [0.1, 0.15) is 11.6 Å². The van der Waals surface area contributed by atoms with Crippen molar-refractivity contribution < 1.29 is 0 Å². The summed E-state index contributed by atoms with van der Waals surface area (Å²) in [5.74, 6) is 1.56. The average Bonchev–Trinajstić information content (AvgIpc) is 2.74. The molecule has 0 saturated carbocycles. The van der Waals surface area contributed by atoms with E-state index in [2.05, 4.69) is 36.1 Å². The van der Waals surface area contributed by atoms with E-state index in [-0.39, 0.29) is 6.04 Å². The predicted octanol–water partition coefficient (Wildman–Crippen LogP) is -0.255. The first-order valence-electron chi connectivity index (χ1n) is 4.35. The van der Waals surface area contributed by atoms with E-state index in [1.165, 1.54) is 0 Å². The molecule has 15 heavy (non-hydrogen) atoms. The Hall–Kier alpha value is -2.25. The number of aromatic nitrogens is 6. The van der Waals surface area contributed by atoms with Crippen LogP contribution in [0.1, 0.15) is 18.8 Å². The van der Waals surface area contributed by atoms with E-state index in [0.717, 1.165) is 0 Å². The van der Waals surface area contributed by atoms with Gasteiger partial charge in [0.15, 0.2) is 5.82 Å². The van der Waals surface area contributed by atoms with Crippen LogP contribution in [0.4, 0.5) is 11.6 Å². The van der Waals surface area contributed by atoms with Gasteiger partial charge in [-0.05, 0) is 19.1 Å². The molecule has 2 aromatic heterocycles. The maximum absolute atomic E-state index is 5.41. The molecule has 0 aliphatic rings. The summed E-state index contributed by atoms with van der Waals surface area (Å²) < 4.78 is 0. The number of hydrogen-bond acceptors (Lipinski definition) is 7. The molecule has 2 heterocycles. The van der Waals surface area contributed by atoms with Gasteiger partial charge in [-0.1, -0.05) is 5.21 Å². The van der Waals surface area contributed by atoms with Crippen LogP contribution < -0.4 is 11.1 Å². The molecule has 8 heteroatoms. The van der Waals surface area contributed by atoms with Crippen LogP contribution in [-0.2, 0) is 0 Å². The molecule has 0 aromatic carbocycles. The van der Waals surface area contributed by atoms with Gasteiger partial charge in [-0.25, -0.2) is 0 Å². The topological polar surface area (TPSA) is 118 Å². The van der Waals surface area contributed by atoms with Crippen molar-refractivity contribution in [1.82, 2.24) is 30.8 Å². The van der Waals surface area contributed by atoms with Crippen molar-refractivity contribution in [3.8, 4) is 0 Å². The van der Waals surface area contributed by atoms with Crippen molar-refractivity contribution in [1.29, 1.82) is 0 Å². The van der Waals surface area contributed by atoms with Crippen LogP contribution in [-0.4, -0.2) is 30.8 Å². The number of anilines is 2. The fraction of sp³-hybridized carbons (Fsp3) is 0.286. The maximum atomic E-state index is 5.41. The van der Waals surface area contributed by atoms with E-state index in [4.69, 9.17) is 5.73 Å². The van der Waals surface area contributed by atoms with Crippen molar-refractivity contribution in [2.24, 2.45) is 0 Å². The van der Waals surface area contributed by atoms with Crippen LogP contribution >= 0.6 is 0 Å². The second-order valence-corrected chi connectivity index (χ2v) is 2.98. The molecule has 0 saturated heterocycles. The van der Waals surface area contributed by atoms with Gasteiger partial charge in [-0.15, -0.1) is 20.4 Å². The summed E-state index contributed by atoms with van der Waals surface area (Å²) >= 11 is 0. The fourth-order valence-corrected chi connectivity index (χ4v) is 1.06. The van der Waals surface area contributed by atoms with Crippen LogP contribution in [0.3, 0.4) is 0 Å². The molecule has 0 bridgehead atoms. The molecular weight excluding hydrogens is 196 g/mol. The first-order valence-corrected chi connectivity index (χ1v) is 4.35. The maximum Gasteiger partial charge on any atom is 0.196 e. The Balaban J connectivity index is 2.06. The third-order valence-electron chi connectivity index (χ3n) is 1.80. The zero-order valence-electron chi connectivity index (χ0n) is 8.05. The number of aromatic amines is 1. The smallest absolute Gasteiger partial charge is 0.196 e. The molecule has 0 amide bonds. The number of nitrogen functional groups attached to an aromatic ring is 1. The first kappa shape index (κ1) is 9.31. The number of tetrazole rings is 1. The minimum atomic E-state index is -0.0957. The van der Waals surface area contributed by atoms with E-state index in [9.17, 15) is 0 Å². The van der Waals surface area contributed by atoms with Gasteiger partial charge in [-0.2, -0.15) is 5.21 Å². The number of nitrogens with zero attached hydrogens (tertiary/aromatic N) is 5. The molecule has 0 fully saturated rings. The number of H-pyrrole nitrogens is 1. The highest BCUT2D eigenvalue weighted by molar-refractivity contribution is 5.39. The van der Waals surface area contributed by atoms with E-state index in [1.807, 2.05) is 6.92 Å². The molecule has 4 N–H and O–H groups in total. The molecule has 2 aromatic rings. The largest absolute Gasteiger partial charge is 0.382 e. The summed E-state index contributed by atoms with van der Waals surface area (Å²) in [4.78, 5) is 0. The Morgan fingerprint density at radius 3 is 2.80 bits per heavy atom. The number of nitrogens with two attached hydrogens (primary N) is 1. The Morgan fingerprint density at radius 2 is 2.20 bits per heavy atom. The normalized spacial score (nSPS) is 12.3. The van der Waals surface area contributed by atoms with E-state index in [1.54, 1.807) is 12.1 Å². The number of hydrogen-bond donors (Lipinski definition) is 3. The molecule has 1 atom stereocenters. The molecule has 1 unspecified atom stereocenters. The van der Waals surface area contributed by atoms with Crippen molar-refractivity contribution in [2.75, 3.05) is 11.1 Å². The van der Waals surface area contributed by atoms with Gasteiger partial charge in [-0.3, -0.25) is 0 Å². The quantitative estimate of drug-likeness (QED) is 0.633. The average molecular weight is 206 g/mol. The number of nitrogens with one attached hydrogen (secondary N) is 2. The van der Waals surface area contributed by atoms with Crippen molar-refractivity contribution in [3.63, 3.8) is 0 Å². The van der Waals surface area contributed by atoms with E-state index in [0.29, 0.717) is 17.5 Å². The fourth-order valence-electron chi connectivity index (χ4n) is 1.06. The van der Waals surface area contributed by atoms with Crippen LogP contribution in [0.2, 0.25) is 0 Å². The van der Waals surface area contributed by atoms with Crippen LogP contribution in [0.25, 0.3) is 0 Å². The molecule has 2 rings (SSSR count). The highest BCUT2D eigenvalue weighted by Gasteiger charge is 2.10. The minimum absolute atomic E-state index is 0.0957. The van der Waals surface area contributed by atoms with Gasteiger partial charge in [0.2, 0.25) is 0 Å². The molecule has 78 valence electrons. The van der Waals surface area contributed by atoms with Crippen LogP contribution in [0, 0.1) is 0 Å². The van der Waals surface area contributed by atoms with Crippen molar-refractivity contribution in [2.45, 2.75) is 13.0 Å². The molecule has 0 spiro atoms. The molecule has 0 aliphatic carbocycles. The third kappa shape index (κ3) is 2.16. The first-order chi connectivity index (χ1) is 7.25. The minimum Gasteiger partial charge on any atom is -0.382 e. The number of rotatable bonds is 3. The summed E-state index contributed by atoms with van der Waals surface area (Å²) in [6.45, 7) is 1.89. The Kier molecular flexibility index (Phi) is 2.40. The Morgan fingerprint density at radius 1 is 1.33 bits per heavy atom. The van der Waals surface area contributed by atoms with Crippen LogP contribution in [0.15, 0.2) is 12.1 Å². The highest BCUT2D eigenvalue weighted by atomic mass is 15.5. The SMILES string of the molecule is CC(Nc1ccc(N)nn1)c1nn[nH]n1. The molecular formula is C7H10N8. The van der Waals surface area contributed by atoms with Crippen molar-refractivity contribution in [3.05, 3.63) is 18.0 Å².